The second-order valence-electron chi connectivity index (χ2n) is 24.0. The lowest BCUT2D eigenvalue weighted by molar-refractivity contribution is -0.138. The Labute approximate surface area is 545 Å². The van der Waals surface area contributed by atoms with E-state index in [4.69, 9.17) is 0 Å². The molecule has 0 aliphatic heterocycles. The Balaban J connectivity index is 0.000000158. The number of hydrogen-bond acceptors (Lipinski definition) is 4. The Morgan fingerprint density at radius 2 is 0.625 bits per heavy atom. The second kappa shape index (κ2) is 22.6. The molecule has 0 amide bonds. The minimum atomic E-state index is -4.73. The van der Waals surface area contributed by atoms with Gasteiger partial charge in [0.15, 0.2) is 0 Å². The number of fused-ring (bicyclic) bond motifs is 12. The van der Waals surface area contributed by atoms with Crippen molar-refractivity contribution in [3.63, 3.8) is 0 Å². The van der Waals surface area contributed by atoms with Gasteiger partial charge >= 0.3 is 12.4 Å². The van der Waals surface area contributed by atoms with E-state index < -0.39 is 23.5 Å². The predicted molar refractivity (Wildman–Crippen MR) is 369 cm³/mol. The molecule has 14 heteroatoms. The molecular formula is C82H50F6N8. The van der Waals surface area contributed by atoms with Crippen molar-refractivity contribution in [2.24, 2.45) is 0 Å². The van der Waals surface area contributed by atoms with E-state index in [0.717, 1.165) is 128 Å². The van der Waals surface area contributed by atoms with Gasteiger partial charge in [0.05, 0.1) is 101 Å². The molecule has 0 unspecified atom stereocenters. The fraction of sp³-hybridized carbons (Fsp3) is 0.0732. The first-order chi connectivity index (χ1) is 46.4. The van der Waals surface area contributed by atoms with Crippen molar-refractivity contribution in [1.29, 1.82) is 21.0 Å². The minimum absolute atomic E-state index is 0.0811. The molecule has 96 heavy (non-hydrogen) atoms. The maximum Gasteiger partial charge on any atom is 0.417 e. The number of halogens is 6. The SMILES string of the molecule is Cc1cccc2c1c1ccccc1n2-c1cc(-c2ccc(C#N)cc2C(F)(F)F)cc(-n2c3ccccc3c3c(C)cccc32)c1C#N.Cc1cccc2c1c1ccccc1n2-c1cc(-c2ccc(C(F)(F)F)cc2C#N)cc(-n2c3ccccc3c3c(C)cccc32)c1C#N. The summed E-state index contributed by atoms with van der Waals surface area (Å²) in [4.78, 5) is 0. The molecule has 4 aromatic heterocycles. The van der Waals surface area contributed by atoms with Gasteiger partial charge in [-0.2, -0.15) is 47.4 Å². The van der Waals surface area contributed by atoms with E-state index in [1.54, 1.807) is 12.1 Å². The van der Waals surface area contributed by atoms with E-state index in [9.17, 15) is 47.4 Å². The highest BCUT2D eigenvalue weighted by atomic mass is 19.4. The first-order valence-corrected chi connectivity index (χ1v) is 30.8. The summed E-state index contributed by atoms with van der Waals surface area (Å²) in [5.41, 5.74) is 12.9. The van der Waals surface area contributed by atoms with Crippen LogP contribution in [0.2, 0.25) is 0 Å². The van der Waals surface area contributed by atoms with Crippen LogP contribution in [0, 0.1) is 73.0 Å². The van der Waals surface area contributed by atoms with E-state index in [2.05, 4.69) is 33.4 Å². The molecule has 16 rings (SSSR count). The maximum absolute atomic E-state index is 14.7. The first-order valence-electron chi connectivity index (χ1n) is 30.8. The van der Waals surface area contributed by atoms with Crippen LogP contribution >= 0.6 is 0 Å². The zero-order chi connectivity index (χ0) is 66.6. The molecule has 0 atom stereocenters. The van der Waals surface area contributed by atoms with E-state index in [0.29, 0.717) is 45.0 Å². The van der Waals surface area contributed by atoms with Crippen molar-refractivity contribution in [2.45, 2.75) is 40.0 Å². The highest BCUT2D eigenvalue weighted by molar-refractivity contribution is 6.15. The van der Waals surface area contributed by atoms with Gasteiger partial charge < -0.3 is 18.3 Å². The van der Waals surface area contributed by atoms with Crippen molar-refractivity contribution in [3.8, 4) is 69.3 Å². The summed E-state index contributed by atoms with van der Waals surface area (Å²) in [7, 11) is 0. The smallest absolute Gasteiger partial charge is 0.308 e. The van der Waals surface area contributed by atoms with Gasteiger partial charge in [0.2, 0.25) is 0 Å². The summed E-state index contributed by atoms with van der Waals surface area (Å²) in [5, 5.41) is 49.7. The van der Waals surface area contributed by atoms with Crippen LogP contribution in [0.1, 0.15) is 55.6 Å². The van der Waals surface area contributed by atoms with Gasteiger partial charge in [-0.15, -0.1) is 0 Å². The zero-order valence-electron chi connectivity index (χ0n) is 51.8. The van der Waals surface area contributed by atoms with Gasteiger partial charge in [0.1, 0.15) is 23.3 Å². The molecule has 0 bridgehead atoms. The van der Waals surface area contributed by atoms with E-state index >= 15 is 0 Å². The Hall–Kier alpha value is -12.6. The topological polar surface area (TPSA) is 115 Å². The molecule has 0 fully saturated rings. The molecule has 0 radical (unpaired) electrons. The lowest BCUT2D eigenvalue weighted by Gasteiger charge is -2.20. The number of aryl methyl sites for hydroxylation is 4. The van der Waals surface area contributed by atoms with Crippen LogP contribution in [0.25, 0.3) is 132 Å². The van der Waals surface area contributed by atoms with Crippen LogP contribution in [-0.2, 0) is 12.4 Å². The van der Waals surface area contributed by atoms with E-state index in [1.807, 2.05) is 219 Å². The lowest BCUT2D eigenvalue weighted by Crippen LogP contribution is -2.09. The van der Waals surface area contributed by atoms with Gasteiger partial charge in [-0.25, -0.2) is 0 Å². The number of benzene rings is 12. The Morgan fingerprint density at radius 1 is 0.302 bits per heavy atom. The van der Waals surface area contributed by atoms with Crippen LogP contribution in [0.4, 0.5) is 26.3 Å². The summed E-state index contributed by atoms with van der Waals surface area (Å²) in [6.07, 6.45) is -9.34. The van der Waals surface area contributed by atoms with Crippen LogP contribution < -0.4 is 0 Å². The first kappa shape index (κ1) is 59.7. The summed E-state index contributed by atoms with van der Waals surface area (Å²) in [6, 6.07) is 78.3. The number of hydrogen-bond donors (Lipinski definition) is 0. The molecule has 8 nitrogen and oxygen atoms in total. The molecule has 0 saturated heterocycles. The predicted octanol–water partition coefficient (Wildman–Crippen LogP) is 21.9. The van der Waals surface area contributed by atoms with Crippen molar-refractivity contribution in [2.75, 3.05) is 0 Å². The lowest BCUT2D eigenvalue weighted by atomic mass is 9.94. The Kier molecular flexibility index (Phi) is 14.0. The second-order valence-corrected chi connectivity index (χ2v) is 24.0. The summed E-state index contributed by atoms with van der Waals surface area (Å²) in [5.74, 6) is 0. The van der Waals surface area contributed by atoms with Crippen molar-refractivity contribution >= 4 is 87.2 Å². The van der Waals surface area contributed by atoms with Crippen LogP contribution in [0.5, 0.6) is 0 Å². The number of aromatic nitrogens is 4. The summed E-state index contributed by atoms with van der Waals surface area (Å²) in [6.45, 7) is 8.15. The van der Waals surface area contributed by atoms with Crippen LogP contribution in [-0.4, -0.2) is 18.3 Å². The molecule has 12 aromatic carbocycles. The third-order valence-electron chi connectivity index (χ3n) is 18.5. The van der Waals surface area contributed by atoms with Crippen LogP contribution in [0.15, 0.2) is 231 Å². The average molecular weight is 1260 g/mol. The van der Waals surface area contributed by atoms with E-state index in [1.165, 1.54) is 18.2 Å². The number of alkyl halides is 6. The standard InChI is InChI=1S/2C41H25F3N4/c1-24-9-7-15-35-39(24)30-11-3-5-13-33(30)47(35)37-20-26(29-18-17-28(41(42,43)44)19-27(29)22-45)21-38(32(37)23-46)48-34-14-6-4-12-31(34)40-25(2)10-8-16-36(40)48;1-24-9-7-15-35-39(24)29-11-3-5-13-33(29)47(35)37-20-27(28-18-17-26(22-45)19-32(28)41(42,43)44)21-38(31(37)23-46)48-34-14-6-4-12-30(34)40-25(2)10-8-16-36(40)48/h2*3-21H,1-2H3. The highest BCUT2D eigenvalue weighted by Gasteiger charge is 2.36. The van der Waals surface area contributed by atoms with Crippen molar-refractivity contribution in [1.82, 2.24) is 18.3 Å². The average Bonchev–Trinajstić information content (AvgIpc) is 1.55. The molecular weight excluding hydrogens is 1210 g/mol. The summed E-state index contributed by atoms with van der Waals surface area (Å²) >= 11 is 0. The zero-order valence-corrected chi connectivity index (χ0v) is 51.8. The number of nitriles is 4. The van der Waals surface area contributed by atoms with Gasteiger partial charge in [0, 0.05) is 43.1 Å². The monoisotopic (exact) mass is 1260 g/mol. The number of nitrogens with zero attached hydrogens (tertiary/aromatic N) is 8. The molecule has 4 heterocycles. The van der Waals surface area contributed by atoms with Gasteiger partial charge in [-0.05, 0) is 169 Å². The van der Waals surface area contributed by atoms with Gasteiger partial charge in [0.25, 0.3) is 0 Å². The third kappa shape index (κ3) is 9.33. The Morgan fingerprint density at radius 3 is 0.938 bits per heavy atom. The Bertz CT molecular complexity index is 5900. The molecule has 0 aliphatic carbocycles. The van der Waals surface area contributed by atoms with Crippen LogP contribution in [0.3, 0.4) is 0 Å². The molecule has 0 spiro atoms. The normalized spacial score (nSPS) is 11.8. The maximum atomic E-state index is 14.7. The van der Waals surface area contributed by atoms with Crippen molar-refractivity contribution < 1.29 is 26.3 Å². The molecule has 460 valence electrons. The third-order valence-corrected chi connectivity index (χ3v) is 18.5. The molecule has 0 saturated carbocycles. The molecule has 0 N–H and O–H groups in total. The van der Waals surface area contributed by atoms with E-state index in [-0.39, 0.29) is 22.3 Å². The molecule has 0 aliphatic rings. The van der Waals surface area contributed by atoms with Gasteiger partial charge in [-0.3, -0.25) is 0 Å². The fourth-order valence-electron chi connectivity index (χ4n) is 14.5. The number of para-hydroxylation sites is 4. The summed E-state index contributed by atoms with van der Waals surface area (Å²) < 4.78 is 93.4. The largest absolute Gasteiger partial charge is 0.417 e. The quantitative estimate of drug-likeness (QED) is 0.154. The number of rotatable bonds is 6. The van der Waals surface area contributed by atoms with Crippen molar-refractivity contribution in [3.05, 3.63) is 286 Å². The minimum Gasteiger partial charge on any atom is -0.308 e. The van der Waals surface area contributed by atoms with Gasteiger partial charge in [-0.1, -0.05) is 133 Å². The highest BCUT2D eigenvalue weighted by Crippen LogP contribution is 2.47. The molecule has 16 aromatic rings. The fourth-order valence-corrected chi connectivity index (χ4v) is 14.5.